The van der Waals surface area contributed by atoms with Gasteiger partial charge in [0.2, 0.25) is 5.91 Å². The first-order chi connectivity index (χ1) is 18.7. The van der Waals surface area contributed by atoms with Gasteiger partial charge in [-0.05, 0) is 65.6 Å². The highest BCUT2D eigenvalue weighted by molar-refractivity contribution is 5.76. The molecular formula is C34H43N3O. The predicted molar refractivity (Wildman–Crippen MR) is 157 cm³/mol. The number of rotatable bonds is 12. The van der Waals surface area contributed by atoms with Gasteiger partial charge in [-0.1, -0.05) is 98.5 Å². The van der Waals surface area contributed by atoms with Crippen molar-refractivity contribution < 1.29 is 4.79 Å². The highest BCUT2D eigenvalue weighted by Crippen LogP contribution is 2.29. The summed E-state index contributed by atoms with van der Waals surface area (Å²) in [5, 5.41) is 6.94. The molecule has 0 spiro atoms. The summed E-state index contributed by atoms with van der Waals surface area (Å²) in [6.45, 7) is 3.16. The quantitative estimate of drug-likeness (QED) is 0.309. The number of carbonyl (C=O) groups is 1. The van der Waals surface area contributed by atoms with Crippen molar-refractivity contribution in [2.45, 2.75) is 70.5 Å². The maximum Gasteiger partial charge on any atom is 0.222 e. The van der Waals surface area contributed by atoms with E-state index in [2.05, 4.69) is 83.4 Å². The molecule has 0 unspecified atom stereocenters. The van der Waals surface area contributed by atoms with Crippen molar-refractivity contribution >= 4 is 5.91 Å². The fourth-order valence-electron chi connectivity index (χ4n) is 6.13. The van der Waals surface area contributed by atoms with Crippen LogP contribution in [-0.2, 0) is 30.7 Å². The Labute approximate surface area is 228 Å². The number of likely N-dealkylation sites (N-methyl/N-ethyl adjacent to an activating group) is 1. The van der Waals surface area contributed by atoms with Crippen molar-refractivity contribution in [2.75, 3.05) is 20.1 Å². The van der Waals surface area contributed by atoms with Crippen LogP contribution in [0.15, 0.2) is 72.8 Å². The molecular weight excluding hydrogens is 466 g/mol. The molecule has 3 aromatic rings. The Bertz CT molecular complexity index is 1140. The molecule has 0 bridgehead atoms. The number of hydrogen-bond donors (Lipinski definition) is 2. The Kier molecular flexibility index (Phi) is 9.27. The normalized spacial score (nSPS) is 15.6. The van der Waals surface area contributed by atoms with Crippen LogP contribution in [0, 0.1) is 5.92 Å². The molecule has 2 N–H and O–H groups in total. The first-order valence-electron chi connectivity index (χ1n) is 14.6. The van der Waals surface area contributed by atoms with Crippen molar-refractivity contribution in [3.8, 4) is 11.1 Å². The van der Waals surface area contributed by atoms with Gasteiger partial charge in [-0.25, -0.2) is 0 Å². The highest BCUT2D eigenvalue weighted by Gasteiger charge is 2.21. The summed E-state index contributed by atoms with van der Waals surface area (Å²) in [6, 6.07) is 27.0. The van der Waals surface area contributed by atoms with Gasteiger partial charge in [0.15, 0.2) is 0 Å². The zero-order valence-electron chi connectivity index (χ0n) is 22.9. The van der Waals surface area contributed by atoms with Crippen LogP contribution < -0.4 is 10.6 Å². The molecule has 0 saturated heterocycles. The lowest BCUT2D eigenvalue weighted by Gasteiger charge is -2.24. The number of nitrogens with zero attached hydrogens (tertiary/aromatic N) is 1. The van der Waals surface area contributed by atoms with Gasteiger partial charge in [0, 0.05) is 38.6 Å². The minimum Gasteiger partial charge on any atom is -0.337 e. The monoisotopic (exact) mass is 509 g/mol. The lowest BCUT2D eigenvalue weighted by molar-refractivity contribution is -0.132. The molecule has 1 amide bonds. The van der Waals surface area contributed by atoms with Gasteiger partial charge in [-0.2, -0.15) is 0 Å². The Morgan fingerprint density at radius 2 is 1.45 bits per heavy atom. The molecule has 0 heterocycles. The zero-order valence-corrected chi connectivity index (χ0v) is 22.9. The van der Waals surface area contributed by atoms with Crippen LogP contribution in [0.4, 0.5) is 0 Å². The summed E-state index contributed by atoms with van der Waals surface area (Å²) >= 11 is 0. The highest BCUT2D eigenvalue weighted by atomic mass is 16.2. The second kappa shape index (κ2) is 13.2. The molecule has 0 atom stereocenters. The third-order valence-electron chi connectivity index (χ3n) is 8.49. The molecule has 0 aliphatic heterocycles. The summed E-state index contributed by atoms with van der Waals surface area (Å²) < 4.78 is 0. The van der Waals surface area contributed by atoms with E-state index in [1.165, 1.54) is 59.1 Å². The number of carbonyl (C=O) groups excluding carboxylic acids is 1. The maximum absolute atomic E-state index is 13.0. The van der Waals surface area contributed by atoms with E-state index in [1.807, 2.05) is 11.9 Å². The minimum absolute atomic E-state index is 0.293. The van der Waals surface area contributed by atoms with Crippen LogP contribution in [0.5, 0.6) is 0 Å². The van der Waals surface area contributed by atoms with Crippen molar-refractivity contribution in [1.82, 2.24) is 15.5 Å². The predicted octanol–water partition coefficient (Wildman–Crippen LogP) is 6.13. The molecule has 3 aromatic carbocycles. The molecule has 38 heavy (non-hydrogen) atoms. The summed E-state index contributed by atoms with van der Waals surface area (Å²) in [6.07, 6.45) is 9.26. The standard InChI is InChI=1S/C34H43N3O/c1-35-20-21-37(34(38)19-14-26-6-2-3-7-26)25-28-12-17-30(18-13-28)29-15-10-27(11-16-29)24-36-33-22-31-8-4-5-9-32(31)23-33/h4-5,8-13,15-18,26,33,35-36H,2-3,6-7,14,19-25H2,1H3. The topological polar surface area (TPSA) is 44.4 Å². The summed E-state index contributed by atoms with van der Waals surface area (Å²) in [5.74, 6) is 1.05. The van der Waals surface area contributed by atoms with Gasteiger partial charge >= 0.3 is 0 Å². The van der Waals surface area contributed by atoms with Crippen LogP contribution >= 0.6 is 0 Å². The molecule has 4 nitrogen and oxygen atoms in total. The minimum atomic E-state index is 0.293. The molecule has 1 fully saturated rings. The van der Waals surface area contributed by atoms with Crippen LogP contribution in [0.2, 0.25) is 0 Å². The molecule has 200 valence electrons. The van der Waals surface area contributed by atoms with Gasteiger partial charge < -0.3 is 15.5 Å². The van der Waals surface area contributed by atoms with Gasteiger partial charge in [0.05, 0.1) is 0 Å². The number of hydrogen-bond acceptors (Lipinski definition) is 3. The van der Waals surface area contributed by atoms with Crippen LogP contribution in [0.25, 0.3) is 11.1 Å². The fraction of sp³-hybridized carbons (Fsp3) is 0.441. The summed E-state index contributed by atoms with van der Waals surface area (Å²) in [7, 11) is 1.95. The summed E-state index contributed by atoms with van der Waals surface area (Å²) in [4.78, 5) is 15.1. The van der Waals surface area contributed by atoms with E-state index in [1.54, 1.807) is 0 Å². The van der Waals surface area contributed by atoms with Gasteiger partial charge in [-0.3, -0.25) is 4.79 Å². The van der Waals surface area contributed by atoms with Crippen LogP contribution in [0.3, 0.4) is 0 Å². The van der Waals surface area contributed by atoms with E-state index in [9.17, 15) is 4.79 Å². The third kappa shape index (κ3) is 7.12. The second-order valence-electron chi connectivity index (χ2n) is 11.3. The smallest absolute Gasteiger partial charge is 0.222 e. The molecule has 0 radical (unpaired) electrons. The molecule has 1 saturated carbocycles. The third-order valence-corrected chi connectivity index (χ3v) is 8.49. The van der Waals surface area contributed by atoms with Crippen molar-refractivity contribution in [3.05, 3.63) is 95.1 Å². The van der Waals surface area contributed by atoms with E-state index < -0.39 is 0 Å². The largest absolute Gasteiger partial charge is 0.337 e. The van der Waals surface area contributed by atoms with Crippen molar-refractivity contribution in [3.63, 3.8) is 0 Å². The van der Waals surface area contributed by atoms with E-state index >= 15 is 0 Å². The van der Waals surface area contributed by atoms with Crippen molar-refractivity contribution in [1.29, 1.82) is 0 Å². The lowest BCUT2D eigenvalue weighted by atomic mass is 10.0. The Morgan fingerprint density at radius 3 is 2.05 bits per heavy atom. The lowest BCUT2D eigenvalue weighted by Crippen LogP contribution is -2.35. The molecule has 4 heteroatoms. The van der Waals surface area contributed by atoms with E-state index in [-0.39, 0.29) is 0 Å². The van der Waals surface area contributed by atoms with Crippen LogP contribution in [-0.4, -0.2) is 37.0 Å². The zero-order chi connectivity index (χ0) is 26.2. The fourth-order valence-corrected chi connectivity index (χ4v) is 6.13. The SMILES string of the molecule is CNCCN(Cc1ccc(-c2ccc(CNC3Cc4ccccc4C3)cc2)cc1)C(=O)CCC1CCCC1. The molecule has 2 aliphatic rings. The number of fused-ring (bicyclic) bond motifs is 1. The van der Waals surface area contributed by atoms with Gasteiger partial charge in [0.25, 0.3) is 0 Å². The Balaban J connectivity index is 1.13. The molecule has 0 aromatic heterocycles. The molecule has 5 rings (SSSR count). The van der Waals surface area contributed by atoms with E-state index in [0.717, 1.165) is 44.8 Å². The second-order valence-corrected chi connectivity index (χ2v) is 11.3. The average molecular weight is 510 g/mol. The Hall–Kier alpha value is -2.95. The number of nitrogens with one attached hydrogen (secondary N) is 2. The number of benzene rings is 3. The van der Waals surface area contributed by atoms with Gasteiger partial charge in [0.1, 0.15) is 0 Å². The van der Waals surface area contributed by atoms with Gasteiger partial charge in [-0.15, -0.1) is 0 Å². The van der Waals surface area contributed by atoms with E-state index in [4.69, 9.17) is 0 Å². The van der Waals surface area contributed by atoms with Crippen LogP contribution in [0.1, 0.15) is 60.8 Å². The first-order valence-corrected chi connectivity index (χ1v) is 14.6. The average Bonchev–Trinajstić information content (AvgIpc) is 3.63. The molecule has 2 aliphatic carbocycles. The Morgan fingerprint density at radius 1 is 0.842 bits per heavy atom. The van der Waals surface area contributed by atoms with E-state index in [0.29, 0.717) is 24.9 Å². The summed E-state index contributed by atoms with van der Waals surface area (Å²) in [5.41, 5.74) is 7.93. The maximum atomic E-state index is 13.0. The number of amides is 1. The van der Waals surface area contributed by atoms with Crippen molar-refractivity contribution in [2.24, 2.45) is 5.92 Å². The first kappa shape index (κ1) is 26.6.